The molecule has 1 aliphatic heterocycles. The molecule has 0 unspecified atom stereocenters. The molecule has 12 heteroatoms. The highest BCUT2D eigenvalue weighted by Gasteiger charge is 2.77. The number of nitriles is 1. The molecule has 0 fully saturated rings. The molecule has 3 nitrogen and oxygen atoms in total. The summed E-state index contributed by atoms with van der Waals surface area (Å²) in [5, 5.41) is 9.46. The lowest BCUT2D eigenvalue weighted by molar-refractivity contribution is -0.312. The molecule has 1 aromatic carbocycles. The summed E-state index contributed by atoms with van der Waals surface area (Å²) < 4.78 is 124. The molecule has 1 atom stereocenters. The van der Waals surface area contributed by atoms with Crippen LogP contribution >= 0.6 is 0 Å². The number of alkyl halides is 9. The van der Waals surface area contributed by atoms with Crippen LogP contribution in [0.4, 0.5) is 45.2 Å². The third-order valence-corrected chi connectivity index (χ3v) is 5.98. The second-order valence-electron chi connectivity index (χ2n) is 7.85. The van der Waals surface area contributed by atoms with Gasteiger partial charge in [0.25, 0.3) is 0 Å². The summed E-state index contributed by atoms with van der Waals surface area (Å²) in [7, 11) is 0. The number of benzene rings is 1. The van der Waals surface area contributed by atoms with Crippen LogP contribution in [-0.4, -0.2) is 18.4 Å². The van der Waals surface area contributed by atoms with Gasteiger partial charge in [-0.25, -0.2) is 0 Å². The average Bonchev–Trinajstić information content (AvgIpc) is 2.66. The number of hydrogen-bond acceptors (Lipinski definition) is 3. The molecule has 0 bridgehead atoms. The number of nitrogens with two attached hydrogens (primary N) is 1. The van der Waals surface area contributed by atoms with E-state index in [1.54, 1.807) is 0 Å². The summed E-state index contributed by atoms with van der Waals surface area (Å²) in [6.45, 7) is 0. The molecule has 0 radical (unpaired) electrons. The van der Waals surface area contributed by atoms with Crippen molar-refractivity contribution in [2.24, 2.45) is 11.1 Å². The predicted molar refractivity (Wildman–Crippen MR) is 100 cm³/mol. The predicted octanol–water partition coefficient (Wildman–Crippen LogP) is 6.59. The van der Waals surface area contributed by atoms with Gasteiger partial charge in [0.05, 0.1) is 17.2 Å². The van der Waals surface area contributed by atoms with E-state index in [0.717, 1.165) is 29.2 Å². The fraction of sp³-hybridized carbons (Fsp3) is 0.476. The molecule has 33 heavy (non-hydrogen) atoms. The van der Waals surface area contributed by atoms with Crippen LogP contribution in [0.1, 0.15) is 37.7 Å². The SMILES string of the molecule is N#CC1=C(N)N(c2ccc(C(F)(F)F)cc2)[C@@H]2CCCCCC=C2C1(C(F)(F)F)C(F)(F)F. The van der Waals surface area contributed by atoms with Crippen molar-refractivity contribution in [2.45, 2.75) is 56.7 Å². The molecule has 180 valence electrons. The van der Waals surface area contributed by atoms with Crippen LogP contribution in [0, 0.1) is 16.7 Å². The Morgan fingerprint density at radius 2 is 1.48 bits per heavy atom. The standard InChI is InChI=1S/C21H18F9N3/c22-19(23,24)12-7-9-13(10-8-12)33-16-6-4-2-1-3-5-14(16)18(20(25,26)27,21(28,29)30)15(11-31)17(33)32/h5,7-10,16H,1-4,6,32H2/t16-/m1/s1. The van der Waals surface area contributed by atoms with E-state index in [9.17, 15) is 44.8 Å². The number of halogens is 9. The van der Waals surface area contributed by atoms with Crippen LogP contribution in [0.3, 0.4) is 0 Å². The van der Waals surface area contributed by atoms with Crippen LogP contribution in [0.15, 0.2) is 47.3 Å². The number of anilines is 1. The highest BCUT2D eigenvalue weighted by atomic mass is 19.4. The van der Waals surface area contributed by atoms with E-state index in [1.807, 2.05) is 0 Å². The van der Waals surface area contributed by atoms with E-state index in [-0.39, 0.29) is 24.9 Å². The highest BCUT2D eigenvalue weighted by Crippen LogP contribution is 2.63. The fourth-order valence-electron chi connectivity index (χ4n) is 4.55. The van der Waals surface area contributed by atoms with Gasteiger partial charge in [0.15, 0.2) is 0 Å². The maximum atomic E-state index is 14.3. The number of fused-ring (bicyclic) bond motifs is 1. The first-order valence-corrected chi connectivity index (χ1v) is 9.88. The Balaban J connectivity index is 2.36. The van der Waals surface area contributed by atoms with Gasteiger partial charge >= 0.3 is 18.5 Å². The zero-order valence-electron chi connectivity index (χ0n) is 16.9. The van der Waals surface area contributed by atoms with Crippen molar-refractivity contribution in [3.63, 3.8) is 0 Å². The van der Waals surface area contributed by atoms with E-state index in [4.69, 9.17) is 5.73 Å². The molecule has 0 amide bonds. The first-order valence-electron chi connectivity index (χ1n) is 9.88. The van der Waals surface area contributed by atoms with Crippen molar-refractivity contribution < 1.29 is 39.5 Å². The minimum absolute atomic E-state index is 0.0841. The summed E-state index contributed by atoms with van der Waals surface area (Å²) in [5.41, 5.74) is -2.85. The van der Waals surface area contributed by atoms with E-state index >= 15 is 0 Å². The molecule has 0 saturated carbocycles. The Morgan fingerprint density at radius 3 is 1.97 bits per heavy atom. The van der Waals surface area contributed by atoms with Crippen LogP contribution in [-0.2, 0) is 6.18 Å². The van der Waals surface area contributed by atoms with Crippen LogP contribution < -0.4 is 10.6 Å². The molecular weight excluding hydrogens is 465 g/mol. The normalized spacial score (nSPS) is 22.1. The van der Waals surface area contributed by atoms with Crippen molar-refractivity contribution in [3.05, 3.63) is 52.9 Å². The molecule has 1 aliphatic carbocycles. The number of rotatable bonds is 1. The number of hydrogen-bond donors (Lipinski definition) is 1. The first kappa shape index (κ1) is 24.8. The third kappa shape index (κ3) is 3.91. The number of allylic oxidation sites excluding steroid dienone is 2. The van der Waals surface area contributed by atoms with Gasteiger partial charge in [0.1, 0.15) is 11.9 Å². The highest BCUT2D eigenvalue weighted by molar-refractivity contribution is 5.64. The minimum Gasteiger partial charge on any atom is -0.384 e. The van der Waals surface area contributed by atoms with E-state index < -0.39 is 52.5 Å². The fourth-order valence-corrected chi connectivity index (χ4v) is 4.55. The zero-order chi connectivity index (χ0) is 24.8. The monoisotopic (exact) mass is 483 g/mol. The summed E-state index contributed by atoms with van der Waals surface area (Å²) >= 11 is 0. The molecule has 1 heterocycles. The van der Waals surface area contributed by atoms with Crippen LogP contribution in [0.5, 0.6) is 0 Å². The van der Waals surface area contributed by atoms with Gasteiger partial charge in [-0.05, 0) is 49.1 Å². The summed E-state index contributed by atoms with van der Waals surface area (Å²) in [6.07, 6.45) is -14.8. The first-order chi connectivity index (χ1) is 15.2. The van der Waals surface area contributed by atoms with Crippen LogP contribution in [0.2, 0.25) is 0 Å². The summed E-state index contributed by atoms with van der Waals surface area (Å²) in [6, 6.07) is 2.58. The van der Waals surface area contributed by atoms with E-state index in [2.05, 4.69) is 0 Å². The van der Waals surface area contributed by atoms with Crippen molar-refractivity contribution in [1.29, 1.82) is 5.26 Å². The van der Waals surface area contributed by atoms with Gasteiger partial charge < -0.3 is 10.6 Å². The lowest BCUT2D eigenvalue weighted by Crippen LogP contribution is -2.61. The molecule has 1 aromatic rings. The zero-order valence-corrected chi connectivity index (χ0v) is 16.9. The van der Waals surface area contributed by atoms with Crippen molar-refractivity contribution >= 4 is 5.69 Å². The smallest absolute Gasteiger partial charge is 0.384 e. The second-order valence-corrected chi connectivity index (χ2v) is 7.85. The lowest BCUT2D eigenvalue weighted by atomic mass is 9.65. The molecule has 0 spiro atoms. The Bertz CT molecular complexity index is 978. The second kappa shape index (κ2) is 8.18. The average molecular weight is 483 g/mol. The summed E-state index contributed by atoms with van der Waals surface area (Å²) in [5.74, 6) is -1.09. The van der Waals surface area contributed by atoms with Crippen LogP contribution in [0.25, 0.3) is 0 Å². The number of nitrogens with zero attached hydrogens (tertiary/aromatic N) is 2. The lowest BCUT2D eigenvalue weighted by Gasteiger charge is -2.50. The Kier molecular flexibility index (Phi) is 6.15. The molecular formula is C21H18F9N3. The Labute approximate surface area is 182 Å². The van der Waals surface area contributed by atoms with Gasteiger partial charge in [0, 0.05) is 5.69 Å². The van der Waals surface area contributed by atoms with E-state index in [1.165, 1.54) is 0 Å². The molecule has 2 aliphatic rings. The van der Waals surface area contributed by atoms with Crippen molar-refractivity contribution in [2.75, 3.05) is 4.90 Å². The van der Waals surface area contributed by atoms with Gasteiger partial charge in [-0.1, -0.05) is 18.9 Å². The van der Waals surface area contributed by atoms with Crippen molar-refractivity contribution in [3.8, 4) is 6.07 Å². The molecule has 3 rings (SSSR count). The van der Waals surface area contributed by atoms with Gasteiger partial charge in [-0.15, -0.1) is 0 Å². The largest absolute Gasteiger partial charge is 0.416 e. The molecule has 0 aromatic heterocycles. The Morgan fingerprint density at radius 1 is 0.909 bits per heavy atom. The Hall–Kier alpha value is -2.84. The quantitative estimate of drug-likeness (QED) is 0.362. The maximum absolute atomic E-state index is 14.3. The molecule has 2 N–H and O–H groups in total. The topological polar surface area (TPSA) is 53.1 Å². The van der Waals surface area contributed by atoms with E-state index in [0.29, 0.717) is 25.0 Å². The third-order valence-electron chi connectivity index (χ3n) is 5.98. The van der Waals surface area contributed by atoms with Gasteiger partial charge in [0.2, 0.25) is 5.41 Å². The summed E-state index contributed by atoms with van der Waals surface area (Å²) in [4.78, 5) is 0.908. The minimum atomic E-state index is -5.93. The maximum Gasteiger partial charge on any atom is 0.416 e. The van der Waals surface area contributed by atoms with Gasteiger partial charge in [-0.2, -0.15) is 44.8 Å². The van der Waals surface area contributed by atoms with Crippen molar-refractivity contribution in [1.82, 2.24) is 0 Å². The molecule has 0 saturated heterocycles. The van der Waals surface area contributed by atoms with Gasteiger partial charge in [-0.3, -0.25) is 0 Å².